The second-order valence-corrected chi connectivity index (χ2v) is 12.0. The van der Waals surface area contributed by atoms with Crippen LogP contribution in [0.2, 0.25) is 0 Å². The molecular weight excluding hydrogens is 421 g/mol. The Bertz CT molecular complexity index is 1090. The summed E-state index contributed by atoms with van der Waals surface area (Å²) in [5, 5.41) is 7.02. The highest BCUT2D eigenvalue weighted by molar-refractivity contribution is 7.96. The minimum Gasteiger partial charge on any atom is -0.322 e. The molecule has 4 aromatic rings. The first-order chi connectivity index (χ1) is 16.1. The Labute approximate surface area is 198 Å². The van der Waals surface area contributed by atoms with Crippen molar-refractivity contribution in [3.63, 3.8) is 0 Å². The monoisotopic (exact) mass is 452 g/mol. The minimum absolute atomic E-state index is 0.0831. The fourth-order valence-corrected chi connectivity index (χ4v) is 9.70. The predicted molar refractivity (Wildman–Crippen MR) is 144 cm³/mol. The van der Waals surface area contributed by atoms with E-state index in [4.69, 9.17) is 0 Å². The molecule has 33 heavy (non-hydrogen) atoms. The number of carbonyl (C=O) groups excluding carboxylic acids is 1. The molecule has 0 saturated heterocycles. The van der Waals surface area contributed by atoms with Gasteiger partial charge in [0.1, 0.15) is 23.2 Å². The second kappa shape index (κ2) is 10.1. The number of benzene rings is 4. The van der Waals surface area contributed by atoms with Gasteiger partial charge in [0.05, 0.1) is 0 Å². The molecule has 0 aliphatic carbocycles. The van der Waals surface area contributed by atoms with E-state index in [1.807, 2.05) is 24.3 Å². The van der Waals surface area contributed by atoms with Gasteiger partial charge in [-0.3, -0.25) is 4.79 Å². The van der Waals surface area contributed by atoms with Gasteiger partial charge >= 0.3 is 0 Å². The molecule has 0 saturated carbocycles. The van der Waals surface area contributed by atoms with Gasteiger partial charge in [-0.05, 0) is 67.8 Å². The Morgan fingerprint density at radius 2 is 1.06 bits per heavy atom. The molecule has 0 aliphatic rings. The average Bonchev–Trinajstić information content (AvgIpc) is 2.86. The van der Waals surface area contributed by atoms with Crippen LogP contribution in [-0.4, -0.2) is 11.6 Å². The third kappa shape index (κ3) is 4.36. The zero-order chi connectivity index (χ0) is 23.3. The van der Waals surface area contributed by atoms with E-state index in [1.54, 1.807) is 0 Å². The van der Waals surface area contributed by atoms with E-state index in [0.29, 0.717) is 0 Å². The summed E-state index contributed by atoms with van der Waals surface area (Å²) in [6.07, 6.45) is 0.739. The van der Waals surface area contributed by atoms with Crippen molar-refractivity contribution in [3.05, 3.63) is 120 Å². The molecule has 4 aromatic carbocycles. The Balaban J connectivity index is 1.96. The van der Waals surface area contributed by atoms with Crippen molar-refractivity contribution < 1.29 is 4.79 Å². The molecule has 0 bridgehead atoms. The van der Waals surface area contributed by atoms with Crippen LogP contribution in [0.3, 0.4) is 0 Å². The second-order valence-electron chi connectivity index (χ2n) is 8.41. The first-order valence-corrected chi connectivity index (χ1v) is 13.4. The van der Waals surface area contributed by atoms with Gasteiger partial charge in [0.25, 0.3) is 5.91 Å². The summed E-state index contributed by atoms with van der Waals surface area (Å²) in [4.78, 5) is 14.1. The van der Waals surface area contributed by atoms with Crippen LogP contribution < -0.4 is 21.2 Å². The van der Waals surface area contributed by atoms with Crippen molar-refractivity contribution in [2.75, 3.05) is 5.32 Å². The van der Waals surface area contributed by atoms with Crippen LogP contribution in [0.4, 0.5) is 5.69 Å². The average molecular weight is 453 g/mol. The topological polar surface area (TPSA) is 29.1 Å². The van der Waals surface area contributed by atoms with Gasteiger partial charge in [-0.15, -0.1) is 0 Å². The third-order valence-electron chi connectivity index (χ3n) is 6.38. The maximum Gasteiger partial charge on any atom is 0.266 e. The van der Waals surface area contributed by atoms with E-state index < -0.39 is 7.26 Å². The van der Waals surface area contributed by atoms with Crippen LogP contribution in [0.5, 0.6) is 0 Å². The maximum absolute atomic E-state index is 14.1. The number of hydrogen-bond acceptors (Lipinski definition) is 1. The summed E-state index contributed by atoms with van der Waals surface area (Å²) in [6, 6.07) is 38.0. The van der Waals surface area contributed by atoms with Crippen molar-refractivity contribution in [2.24, 2.45) is 0 Å². The Kier molecular flexibility index (Phi) is 7.06. The molecule has 0 fully saturated rings. The summed E-state index contributed by atoms with van der Waals surface area (Å²) in [5.41, 5.74) is 2.89. The highest BCUT2D eigenvalue weighted by Gasteiger charge is 2.54. The number of rotatable bonds is 7. The van der Waals surface area contributed by atoms with E-state index in [0.717, 1.165) is 23.2 Å². The van der Waals surface area contributed by atoms with Crippen molar-refractivity contribution in [1.29, 1.82) is 0 Å². The molecule has 4 rings (SSSR count). The lowest BCUT2D eigenvalue weighted by atomic mass is 10.1. The molecular formula is C30H31NOP+. The van der Waals surface area contributed by atoms with Crippen LogP contribution >= 0.6 is 7.26 Å². The van der Waals surface area contributed by atoms with Crippen molar-refractivity contribution >= 4 is 34.8 Å². The molecule has 166 valence electrons. The van der Waals surface area contributed by atoms with Gasteiger partial charge in [0.15, 0.2) is 5.66 Å². The quantitative estimate of drug-likeness (QED) is 0.342. The highest BCUT2D eigenvalue weighted by atomic mass is 31.2. The predicted octanol–water partition coefficient (Wildman–Crippen LogP) is 6.01. The number of carbonyl (C=O) groups is 1. The largest absolute Gasteiger partial charge is 0.322 e. The normalized spacial score (nSPS) is 12.2. The van der Waals surface area contributed by atoms with Crippen molar-refractivity contribution in [2.45, 2.75) is 32.9 Å². The zero-order valence-electron chi connectivity index (χ0n) is 19.5. The number of anilines is 1. The first-order valence-electron chi connectivity index (χ1n) is 11.5. The van der Waals surface area contributed by atoms with Crippen LogP contribution in [0.15, 0.2) is 109 Å². The standard InChI is InChI=1S/C30H30NOP/c1-4-28(30(32)31-29-23(2)15-14-16-24(29)3)33(25-17-8-5-9-18-25,26-19-10-6-11-20-26)27-21-12-7-13-22-27/h5-22,28H,4H2,1-3H3/p+1. The van der Waals surface area contributed by atoms with E-state index in [1.165, 1.54) is 15.9 Å². The van der Waals surface area contributed by atoms with Crippen molar-refractivity contribution in [3.8, 4) is 0 Å². The van der Waals surface area contributed by atoms with Crippen LogP contribution in [0, 0.1) is 13.8 Å². The molecule has 2 nitrogen and oxygen atoms in total. The summed E-state index contributed by atoms with van der Waals surface area (Å²) in [5.74, 6) is 0.0831. The Morgan fingerprint density at radius 1 is 0.667 bits per heavy atom. The smallest absolute Gasteiger partial charge is 0.266 e. The summed E-state index contributed by atoms with van der Waals surface area (Å²) in [6.45, 7) is 6.24. The lowest BCUT2D eigenvalue weighted by Crippen LogP contribution is -2.44. The lowest BCUT2D eigenvalue weighted by molar-refractivity contribution is -0.115. The summed E-state index contributed by atoms with van der Waals surface area (Å²) >= 11 is 0. The molecule has 1 amide bonds. The van der Waals surface area contributed by atoms with E-state index in [2.05, 4.69) is 111 Å². The number of hydrogen-bond donors (Lipinski definition) is 1. The van der Waals surface area contributed by atoms with Gasteiger partial charge in [-0.1, -0.05) is 79.7 Å². The molecule has 3 heteroatoms. The summed E-state index contributed by atoms with van der Waals surface area (Å²) in [7, 11) is -2.30. The molecule has 0 spiro atoms. The lowest BCUT2D eigenvalue weighted by Gasteiger charge is -2.33. The van der Waals surface area contributed by atoms with Gasteiger partial charge < -0.3 is 5.32 Å². The molecule has 1 atom stereocenters. The highest BCUT2D eigenvalue weighted by Crippen LogP contribution is 2.61. The third-order valence-corrected chi connectivity index (χ3v) is 11.2. The fourth-order valence-electron chi connectivity index (χ4n) is 4.83. The Morgan fingerprint density at radius 3 is 1.42 bits per heavy atom. The molecule has 1 unspecified atom stereocenters. The van der Waals surface area contributed by atoms with E-state index >= 15 is 0 Å². The molecule has 1 N–H and O–H groups in total. The number of nitrogens with one attached hydrogen (secondary N) is 1. The molecule has 0 heterocycles. The van der Waals surface area contributed by atoms with Crippen LogP contribution in [0.25, 0.3) is 0 Å². The fraction of sp³-hybridized carbons (Fsp3) is 0.167. The van der Waals surface area contributed by atoms with Crippen LogP contribution in [-0.2, 0) is 4.79 Å². The van der Waals surface area contributed by atoms with E-state index in [9.17, 15) is 4.79 Å². The molecule has 0 radical (unpaired) electrons. The van der Waals surface area contributed by atoms with E-state index in [-0.39, 0.29) is 11.6 Å². The van der Waals surface area contributed by atoms with Crippen LogP contribution in [0.1, 0.15) is 24.5 Å². The Hall–Kier alpha value is -3.22. The molecule has 0 aliphatic heterocycles. The summed E-state index contributed by atoms with van der Waals surface area (Å²) < 4.78 is 0. The molecule has 0 aromatic heterocycles. The maximum atomic E-state index is 14.1. The first kappa shape index (κ1) is 23.0. The van der Waals surface area contributed by atoms with Gasteiger partial charge in [-0.2, -0.15) is 0 Å². The zero-order valence-corrected chi connectivity index (χ0v) is 20.4. The number of amides is 1. The van der Waals surface area contributed by atoms with Gasteiger partial charge in [0.2, 0.25) is 0 Å². The number of para-hydroxylation sites is 1. The van der Waals surface area contributed by atoms with Crippen molar-refractivity contribution in [1.82, 2.24) is 0 Å². The minimum atomic E-state index is -2.30. The van der Waals surface area contributed by atoms with Gasteiger partial charge in [-0.25, -0.2) is 0 Å². The number of aryl methyl sites for hydroxylation is 2. The SMILES string of the molecule is CCC(C(=O)Nc1c(C)cccc1C)[P+](c1ccccc1)(c1ccccc1)c1ccccc1. The van der Waals surface area contributed by atoms with Gasteiger partial charge in [0, 0.05) is 5.69 Å².